The number of hydrogen-bond acceptors (Lipinski definition) is 2. The first-order valence-electron chi connectivity index (χ1n) is 4.30. The van der Waals surface area contributed by atoms with Crippen molar-refractivity contribution in [2.24, 2.45) is 5.73 Å². The molecule has 1 aromatic rings. The number of aliphatic hydroxyl groups is 1. The standard InChI is InChI=1S/C9H7BrF5NO.ClH/c10-3-1-2-4(11)5(6(3)12)7(16)8(17)9(13,14)15;/h1-2,7-8,17H,16H2;1H/t7-,8-;/m1./s1. The fourth-order valence-corrected chi connectivity index (χ4v) is 1.56. The molecule has 0 unspecified atom stereocenters. The molecule has 0 fully saturated rings. The van der Waals surface area contributed by atoms with Crippen molar-refractivity contribution in [2.45, 2.75) is 18.3 Å². The average Bonchev–Trinajstić information content (AvgIpc) is 2.21. The molecule has 1 rings (SSSR count). The average molecular weight is 357 g/mol. The maximum absolute atomic E-state index is 13.4. The molecule has 2 atom stereocenters. The van der Waals surface area contributed by atoms with Gasteiger partial charge in [0.2, 0.25) is 0 Å². The summed E-state index contributed by atoms with van der Waals surface area (Å²) < 4.78 is 62.9. The third-order valence-electron chi connectivity index (χ3n) is 2.09. The van der Waals surface area contributed by atoms with Gasteiger partial charge in [0.05, 0.1) is 10.5 Å². The van der Waals surface area contributed by atoms with E-state index < -0.39 is 35.5 Å². The lowest BCUT2D eigenvalue weighted by Crippen LogP contribution is -2.39. The van der Waals surface area contributed by atoms with Gasteiger partial charge in [-0.2, -0.15) is 13.2 Å². The molecule has 0 aliphatic carbocycles. The first kappa shape index (κ1) is 17.6. The molecular weight excluding hydrogens is 348 g/mol. The molecule has 0 spiro atoms. The van der Waals surface area contributed by atoms with E-state index >= 15 is 0 Å². The van der Waals surface area contributed by atoms with Crippen LogP contribution in [0.25, 0.3) is 0 Å². The van der Waals surface area contributed by atoms with Gasteiger partial charge in [-0.1, -0.05) is 0 Å². The highest BCUT2D eigenvalue weighted by Crippen LogP contribution is 2.33. The predicted molar refractivity (Wildman–Crippen MR) is 60.3 cm³/mol. The summed E-state index contributed by atoms with van der Waals surface area (Å²) in [5, 5.41) is 8.85. The molecule has 104 valence electrons. The highest BCUT2D eigenvalue weighted by atomic mass is 79.9. The Labute approximate surface area is 114 Å². The van der Waals surface area contributed by atoms with Crippen LogP contribution in [0.2, 0.25) is 0 Å². The van der Waals surface area contributed by atoms with Crippen molar-refractivity contribution in [2.75, 3.05) is 0 Å². The van der Waals surface area contributed by atoms with Crippen LogP contribution in [-0.4, -0.2) is 17.4 Å². The van der Waals surface area contributed by atoms with E-state index in [1.165, 1.54) is 0 Å². The van der Waals surface area contributed by atoms with Crippen molar-refractivity contribution in [3.8, 4) is 0 Å². The highest BCUT2D eigenvalue weighted by Gasteiger charge is 2.44. The minimum Gasteiger partial charge on any atom is -0.382 e. The van der Waals surface area contributed by atoms with Gasteiger partial charge in [-0.25, -0.2) is 8.78 Å². The second-order valence-corrected chi connectivity index (χ2v) is 4.12. The van der Waals surface area contributed by atoms with Crippen LogP contribution < -0.4 is 5.73 Å². The maximum Gasteiger partial charge on any atom is 0.416 e. The summed E-state index contributed by atoms with van der Waals surface area (Å²) in [6.07, 6.45) is -8.10. The van der Waals surface area contributed by atoms with E-state index in [9.17, 15) is 22.0 Å². The Bertz CT molecular complexity index is 428. The zero-order valence-electron chi connectivity index (χ0n) is 8.51. The fourth-order valence-electron chi connectivity index (χ4n) is 1.21. The minimum atomic E-state index is -5.05. The summed E-state index contributed by atoms with van der Waals surface area (Å²) in [6, 6.07) is -0.487. The second kappa shape index (κ2) is 6.14. The van der Waals surface area contributed by atoms with Crippen molar-refractivity contribution in [1.82, 2.24) is 0 Å². The van der Waals surface area contributed by atoms with Crippen LogP contribution in [0.5, 0.6) is 0 Å². The zero-order valence-corrected chi connectivity index (χ0v) is 10.9. The summed E-state index contributed by atoms with van der Waals surface area (Å²) in [4.78, 5) is 0. The van der Waals surface area contributed by atoms with Crippen LogP contribution in [0.3, 0.4) is 0 Å². The monoisotopic (exact) mass is 355 g/mol. The van der Waals surface area contributed by atoms with Gasteiger partial charge in [0.1, 0.15) is 11.6 Å². The predicted octanol–water partition coefficient (Wildman–Crippen LogP) is 3.07. The van der Waals surface area contributed by atoms with Crippen molar-refractivity contribution in [3.63, 3.8) is 0 Å². The molecule has 3 N–H and O–H groups in total. The van der Waals surface area contributed by atoms with E-state index in [-0.39, 0.29) is 16.9 Å². The van der Waals surface area contributed by atoms with Crippen LogP contribution >= 0.6 is 28.3 Å². The van der Waals surface area contributed by atoms with E-state index in [2.05, 4.69) is 15.9 Å². The van der Waals surface area contributed by atoms with E-state index in [1.807, 2.05) is 0 Å². The number of alkyl halides is 3. The maximum atomic E-state index is 13.4. The lowest BCUT2D eigenvalue weighted by molar-refractivity contribution is -0.210. The summed E-state index contributed by atoms with van der Waals surface area (Å²) >= 11 is 2.69. The van der Waals surface area contributed by atoms with Crippen molar-refractivity contribution < 1.29 is 27.1 Å². The first-order valence-corrected chi connectivity index (χ1v) is 5.09. The number of halogens is 7. The first-order chi connectivity index (χ1) is 7.66. The Morgan fingerprint density at radius 2 is 1.72 bits per heavy atom. The molecule has 0 radical (unpaired) electrons. The fraction of sp³-hybridized carbons (Fsp3) is 0.333. The van der Waals surface area contributed by atoms with Gasteiger partial charge in [-0.3, -0.25) is 0 Å². The molecular formula is C9H8BrClF5NO. The lowest BCUT2D eigenvalue weighted by atomic mass is 10.0. The normalized spacial score (nSPS) is 14.9. The number of aliphatic hydroxyl groups excluding tert-OH is 1. The molecule has 2 nitrogen and oxygen atoms in total. The number of nitrogens with two attached hydrogens (primary N) is 1. The van der Waals surface area contributed by atoms with E-state index in [0.717, 1.165) is 12.1 Å². The van der Waals surface area contributed by atoms with Crippen molar-refractivity contribution in [3.05, 3.63) is 33.8 Å². The molecule has 18 heavy (non-hydrogen) atoms. The van der Waals surface area contributed by atoms with Gasteiger partial charge in [0, 0.05) is 5.56 Å². The summed E-state index contributed by atoms with van der Waals surface area (Å²) in [6.45, 7) is 0. The quantitative estimate of drug-likeness (QED) is 0.632. The van der Waals surface area contributed by atoms with Crippen LogP contribution in [0, 0.1) is 11.6 Å². The molecule has 0 bridgehead atoms. The Morgan fingerprint density at radius 3 is 2.17 bits per heavy atom. The Hall–Kier alpha value is -0.440. The molecule has 0 saturated carbocycles. The zero-order chi connectivity index (χ0) is 13.4. The van der Waals surface area contributed by atoms with Crippen LogP contribution in [0.15, 0.2) is 16.6 Å². The molecule has 0 amide bonds. The Morgan fingerprint density at radius 1 is 1.22 bits per heavy atom. The lowest BCUT2D eigenvalue weighted by Gasteiger charge is -2.22. The van der Waals surface area contributed by atoms with E-state index in [1.54, 1.807) is 0 Å². The number of benzene rings is 1. The SMILES string of the molecule is Cl.N[C@H](c1c(F)ccc(Br)c1F)[C@@H](O)C(F)(F)F. The van der Waals surface area contributed by atoms with Crippen molar-refractivity contribution >= 4 is 28.3 Å². The highest BCUT2D eigenvalue weighted by molar-refractivity contribution is 9.10. The molecule has 0 aromatic heterocycles. The third kappa shape index (κ3) is 3.53. The van der Waals surface area contributed by atoms with Gasteiger partial charge in [0.15, 0.2) is 6.10 Å². The van der Waals surface area contributed by atoms with Gasteiger partial charge in [-0.15, -0.1) is 12.4 Å². The topological polar surface area (TPSA) is 46.2 Å². The van der Waals surface area contributed by atoms with Gasteiger partial charge >= 0.3 is 6.18 Å². The van der Waals surface area contributed by atoms with E-state index in [4.69, 9.17) is 10.8 Å². The number of hydrogen-bond donors (Lipinski definition) is 2. The molecule has 1 aromatic carbocycles. The van der Waals surface area contributed by atoms with E-state index in [0.29, 0.717) is 0 Å². The molecule has 0 heterocycles. The smallest absolute Gasteiger partial charge is 0.382 e. The third-order valence-corrected chi connectivity index (χ3v) is 2.70. The van der Waals surface area contributed by atoms with Crippen LogP contribution in [-0.2, 0) is 0 Å². The minimum absolute atomic E-state index is 0. The largest absolute Gasteiger partial charge is 0.416 e. The number of rotatable bonds is 2. The van der Waals surface area contributed by atoms with Crippen LogP contribution in [0.4, 0.5) is 22.0 Å². The van der Waals surface area contributed by atoms with Crippen molar-refractivity contribution in [1.29, 1.82) is 0 Å². The van der Waals surface area contributed by atoms with Crippen LogP contribution in [0.1, 0.15) is 11.6 Å². The second-order valence-electron chi connectivity index (χ2n) is 3.27. The summed E-state index contributed by atoms with van der Waals surface area (Å²) in [5.74, 6) is -2.51. The molecule has 0 aliphatic rings. The summed E-state index contributed by atoms with van der Waals surface area (Å²) in [5.41, 5.74) is 4.01. The Kier molecular flexibility index (Phi) is 5.99. The van der Waals surface area contributed by atoms with Gasteiger partial charge in [0.25, 0.3) is 0 Å². The molecule has 9 heteroatoms. The summed E-state index contributed by atoms with van der Waals surface area (Å²) in [7, 11) is 0. The molecule has 0 saturated heterocycles. The van der Waals surface area contributed by atoms with Gasteiger partial charge in [-0.05, 0) is 28.1 Å². The molecule has 0 aliphatic heterocycles. The Balaban J connectivity index is 0.00000289. The van der Waals surface area contributed by atoms with Gasteiger partial charge < -0.3 is 10.8 Å².